The van der Waals surface area contributed by atoms with Crippen LogP contribution in [0.5, 0.6) is 0 Å². The molecule has 0 unspecified atom stereocenters. The summed E-state index contributed by atoms with van der Waals surface area (Å²) in [7, 11) is 0. The third-order valence-electron chi connectivity index (χ3n) is 2.48. The van der Waals surface area contributed by atoms with E-state index < -0.39 is 5.97 Å². The molecule has 0 bridgehead atoms. The molecule has 0 radical (unpaired) electrons. The highest BCUT2D eigenvalue weighted by atomic mass is 32.1. The van der Waals surface area contributed by atoms with E-state index in [9.17, 15) is 4.79 Å². The van der Waals surface area contributed by atoms with Crippen LogP contribution < -0.4 is 0 Å². The molecule has 1 aromatic carbocycles. The average molecular weight is 280 g/mol. The molecule has 0 aromatic heterocycles. The summed E-state index contributed by atoms with van der Waals surface area (Å²) in [6, 6.07) is 3.50. The molecule has 0 saturated heterocycles. The van der Waals surface area contributed by atoms with E-state index in [0.29, 0.717) is 9.79 Å². The van der Waals surface area contributed by atoms with Crippen molar-refractivity contribution in [2.24, 2.45) is 0 Å². The normalized spacial score (nSPS) is 10.8. The minimum absolute atomic E-state index is 0.148. The lowest BCUT2D eigenvalue weighted by molar-refractivity contribution is 0.0689. The molecule has 0 aliphatic rings. The Hall–Kier alpha value is -1.13. The first-order chi connectivity index (χ1) is 8.57. The van der Waals surface area contributed by atoms with Gasteiger partial charge in [-0.2, -0.15) is 0 Å². The maximum absolute atomic E-state index is 11.1. The molecule has 96 valence electrons. The van der Waals surface area contributed by atoms with Crippen molar-refractivity contribution in [3.8, 4) is 0 Å². The Morgan fingerprint density at radius 3 is 2.67 bits per heavy atom. The molecule has 0 saturated carbocycles. The van der Waals surface area contributed by atoms with Crippen LogP contribution in [0.1, 0.15) is 35.2 Å². The van der Waals surface area contributed by atoms with Gasteiger partial charge in [-0.25, -0.2) is 4.79 Å². The molecule has 0 amide bonds. The molecule has 1 aromatic rings. The van der Waals surface area contributed by atoms with Gasteiger partial charge in [0.25, 0.3) is 0 Å². The predicted octanol–water partition coefficient (Wildman–Crippen LogP) is 4.33. The van der Waals surface area contributed by atoms with Gasteiger partial charge in [-0.3, -0.25) is 0 Å². The Morgan fingerprint density at radius 2 is 2.06 bits per heavy atom. The van der Waals surface area contributed by atoms with Crippen LogP contribution in [0.2, 0.25) is 0 Å². The van der Waals surface area contributed by atoms with E-state index in [0.717, 1.165) is 24.8 Å². The number of benzene rings is 1. The Labute approximate surface area is 118 Å². The van der Waals surface area contributed by atoms with Gasteiger partial charge in [-0.15, -0.1) is 31.8 Å². The molecule has 18 heavy (non-hydrogen) atoms. The number of hydrogen-bond donors (Lipinski definition) is 3. The molecular formula is C14H16O2S2. The van der Waals surface area contributed by atoms with E-state index in [1.807, 2.05) is 24.3 Å². The molecular weight excluding hydrogens is 264 g/mol. The zero-order valence-corrected chi connectivity index (χ0v) is 11.8. The van der Waals surface area contributed by atoms with Crippen LogP contribution >= 0.6 is 25.3 Å². The van der Waals surface area contributed by atoms with Gasteiger partial charge < -0.3 is 5.11 Å². The summed E-state index contributed by atoms with van der Waals surface area (Å²) in [6.45, 7) is 3.66. The standard InChI is InChI=1S/C14H16O2S2/c1-2-3-4-5-6-7-10-8-9-11(17)12(13(10)18)14(15)16/h2,6-9,17-18H,1,3-5H2,(H,15,16)/b7-6+. The highest BCUT2D eigenvalue weighted by molar-refractivity contribution is 7.81. The van der Waals surface area contributed by atoms with Gasteiger partial charge in [0, 0.05) is 9.79 Å². The number of allylic oxidation sites excluding steroid dienone is 2. The van der Waals surface area contributed by atoms with Gasteiger partial charge in [-0.1, -0.05) is 24.3 Å². The highest BCUT2D eigenvalue weighted by Gasteiger charge is 2.13. The van der Waals surface area contributed by atoms with Crippen molar-refractivity contribution < 1.29 is 9.90 Å². The fraction of sp³-hybridized carbons (Fsp3) is 0.214. The van der Waals surface area contributed by atoms with Crippen LogP contribution in [0.25, 0.3) is 6.08 Å². The third kappa shape index (κ3) is 3.96. The Bertz CT molecular complexity index is 479. The van der Waals surface area contributed by atoms with Crippen molar-refractivity contribution in [3.63, 3.8) is 0 Å². The fourth-order valence-corrected chi connectivity index (χ4v) is 2.27. The lowest BCUT2D eigenvalue weighted by atomic mass is 10.1. The van der Waals surface area contributed by atoms with Crippen LogP contribution in [0, 0.1) is 0 Å². The first-order valence-electron chi connectivity index (χ1n) is 5.63. The number of carboxylic acid groups (broad SMARTS) is 1. The number of unbranched alkanes of at least 4 members (excludes halogenated alkanes) is 2. The zero-order valence-electron chi connectivity index (χ0n) is 9.97. The minimum atomic E-state index is -1.01. The Kier molecular flexibility index (Phi) is 6.09. The van der Waals surface area contributed by atoms with Crippen LogP contribution in [0.15, 0.2) is 40.7 Å². The van der Waals surface area contributed by atoms with Crippen LogP contribution in [-0.2, 0) is 0 Å². The summed E-state index contributed by atoms with van der Waals surface area (Å²) >= 11 is 8.39. The quantitative estimate of drug-likeness (QED) is 0.412. The first kappa shape index (κ1) is 14.9. The van der Waals surface area contributed by atoms with Gasteiger partial charge in [0.2, 0.25) is 0 Å². The van der Waals surface area contributed by atoms with Crippen molar-refractivity contribution >= 4 is 37.3 Å². The van der Waals surface area contributed by atoms with Gasteiger partial charge >= 0.3 is 5.97 Å². The second-order valence-electron chi connectivity index (χ2n) is 3.82. The van der Waals surface area contributed by atoms with Crippen molar-refractivity contribution in [2.75, 3.05) is 0 Å². The van der Waals surface area contributed by atoms with Crippen LogP contribution in [0.3, 0.4) is 0 Å². The smallest absolute Gasteiger partial charge is 0.337 e. The number of hydrogen-bond acceptors (Lipinski definition) is 3. The van der Waals surface area contributed by atoms with E-state index in [1.54, 1.807) is 6.07 Å². The maximum atomic E-state index is 11.1. The fourth-order valence-electron chi connectivity index (χ4n) is 1.53. The van der Waals surface area contributed by atoms with Crippen molar-refractivity contribution in [1.82, 2.24) is 0 Å². The van der Waals surface area contributed by atoms with Crippen LogP contribution in [0.4, 0.5) is 0 Å². The summed E-state index contributed by atoms with van der Waals surface area (Å²) in [5, 5.41) is 9.08. The molecule has 0 fully saturated rings. The molecule has 2 nitrogen and oxygen atoms in total. The maximum Gasteiger partial charge on any atom is 0.337 e. The number of aromatic carboxylic acids is 1. The van der Waals surface area contributed by atoms with Crippen molar-refractivity contribution in [2.45, 2.75) is 29.1 Å². The molecule has 0 atom stereocenters. The first-order valence-corrected chi connectivity index (χ1v) is 6.53. The zero-order chi connectivity index (χ0) is 13.5. The van der Waals surface area contributed by atoms with E-state index in [-0.39, 0.29) is 5.56 Å². The summed E-state index contributed by atoms with van der Waals surface area (Å²) in [5.74, 6) is -1.01. The Balaban J connectivity index is 2.87. The average Bonchev–Trinajstić information content (AvgIpc) is 2.31. The molecule has 0 spiro atoms. The molecule has 0 aliphatic carbocycles. The molecule has 1 rings (SSSR count). The number of carbonyl (C=O) groups is 1. The summed E-state index contributed by atoms with van der Waals surface area (Å²) in [5.41, 5.74) is 0.946. The topological polar surface area (TPSA) is 37.3 Å². The SMILES string of the molecule is C=CCCC/C=C/c1ccc(S)c(C(=O)O)c1S. The Morgan fingerprint density at radius 1 is 1.33 bits per heavy atom. The molecule has 4 heteroatoms. The lowest BCUT2D eigenvalue weighted by Crippen LogP contribution is -2.01. The largest absolute Gasteiger partial charge is 0.478 e. The molecule has 0 aliphatic heterocycles. The molecule has 1 N–H and O–H groups in total. The van der Waals surface area contributed by atoms with E-state index in [4.69, 9.17) is 5.11 Å². The number of carboxylic acids is 1. The second-order valence-corrected chi connectivity index (χ2v) is 4.75. The van der Waals surface area contributed by atoms with Gasteiger partial charge in [0.05, 0.1) is 5.56 Å². The summed E-state index contributed by atoms with van der Waals surface area (Å²) in [6.07, 6.45) is 8.75. The number of thiol groups is 2. The third-order valence-corrected chi connectivity index (χ3v) is 3.33. The lowest BCUT2D eigenvalue weighted by Gasteiger charge is -2.06. The van der Waals surface area contributed by atoms with Gasteiger partial charge in [-0.05, 0) is 30.9 Å². The second kappa shape index (κ2) is 7.34. The highest BCUT2D eigenvalue weighted by Crippen LogP contribution is 2.26. The molecule has 0 heterocycles. The van der Waals surface area contributed by atoms with E-state index in [1.165, 1.54) is 0 Å². The van der Waals surface area contributed by atoms with Crippen molar-refractivity contribution in [1.29, 1.82) is 0 Å². The summed E-state index contributed by atoms with van der Waals surface area (Å²) < 4.78 is 0. The monoisotopic (exact) mass is 280 g/mol. The van der Waals surface area contributed by atoms with E-state index >= 15 is 0 Å². The number of rotatable bonds is 6. The van der Waals surface area contributed by atoms with E-state index in [2.05, 4.69) is 31.8 Å². The predicted molar refractivity (Wildman–Crippen MR) is 81.0 cm³/mol. The summed E-state index contributed by atoms with van der Waals surface area (Å²) in [4.78, 5) is 12.0. The minimum Gasteiger partial charge on any atom is -0.478 e. The van der Waals surface area contributed by atoms with Crippen LogP contribution in [-0.4, -0.2) is 11.1 Å². The van der Waals surface area contributed by atoms with Gasteiger partial charge in [0.15, 0.2) is 0 Å². The van der Waals surface area contributed by atoms with Crippen molar-refractivity contribution in [3.05, 3.63) is 42.0 Å². The van der Waals surface area contributed by atoms with Gasteiger partial charge in [0.1, 0.15) is 0 Å².